The van der Waals surface area contributed by atoms with Gasteiger partial charge < -0.3 is 15.5 Å². The number of halogens is 2. The van der Waals surface area contributed by atoms with Crippen LogP contribution in [0, 0.1) is 0 Å². The number of aliphatic hydroxyl groups is 1. The minimum absolute atomic E-state index is 0.0371. The first kappa shape index (κ1) is 11.4. The summed E-state index contributed by atoms with van der Waals surface area (Å²) in [4.78, 5) is 0. The zero-order valence-corrected chi connectivity index (χ0v) is 8.89. The number of hydrogen-bond acceptors (Lipinski definition) is 3. The number of aromatic hydroxyl groups is 1. The van der Waals surface area contributed by atoms with Crippen molar-refractivity contribution in [1.29, 1.82) is 0 Å². The Hall–Kier alpha value is -0.640. The van der Waals surface area contributed by atoms with Crippen molar-refractivity contribution in [2.75, 3.05) is 17.7 Å². The highest BCUT2D eigenvalue weighted by atomic mass is 35.5. The fourth-order valence-corrected chi connectivity index (χ4v) is 1.20. The summed E-state index contributed by atoms with van der Waals surface area (Å²) in [6, 6.07) is 4.73. The molecule has 0 aliphatic carbocycles. The van der Waals surface area contributed by atoms with Crippen LogP contribution in [-0.2, 0) is 0 Å². The fourth-order valence-electron chi connectivity index (χ4n) is 0.907. The molecule has 78 valence electrons. The summed E-state index contributed by atoms with van der Waals surface area (Å²) in [5.74, 6) is 0.217. The van der Waals surface area contributed by atoms with Crippen molar-refractivity contribution >= 4 is 28.9 Å². The van der Waals surface area contributed by atoms with Crippen LogP contribution in [0.5, 0.6) is 5.75 Å². The third-order valence-corrected chi connectivity index (χ3v) is 2.33. The molecule has 1 atom stereocenters. The molecule has 0 aliphatic heterocycles. The van der Waals surface area contributed by atoms with E-state index in [2.05, 4.69) is 5.32 Å². The Balaban J connectivity index is 2.55. The largest absolute Gasteiger partial charge is 0.506 e. The normalized spacial score (nSPS) is 12.5. The average Bonchev–Trinajstić information content (AvgIpc) is 2.19. The van der Waals surface area contributed by atoms with Crippen molar-refractivity contribution in [2.24, 2.45) is 0 Å². The zero-order valence-electron chi connectivity index (χ0n) is 7.37. The molecule has 0 saturated heterocycles. The van der Waals surface area contributed by atoms with Crippen LogP contribution in [0.15, 0.2) is 18.2 Å². The van der Waals surface area contributed by atoms with E-state index in [1.54, 1.807) is 12.1 Å². The van der Waals surface area contributed by atoms with Crippen LogP contribution in [-0.4, -0.2) is 28.7 Å². The molecule has 0 saturated carbocycles. The molecule has 1 aromatic rings. The second kappa shape index (κ2) is 5.29. The lowest BCUT2D eigenvalue weighted by Gasteiger charge is -2.10. The SMILES string of the molecule is Oc1ccc(NCC(O)CCl)cc1Cl. The first-order valence-electron chi connectivity index (χ1n) is 4.10. The molecule has 5 heteroatoms. The Morgan fingerprint density at radius 3 is 2.71 bits per heavy atom. The van der Waals surface area contributed by atoms with Crippen molar-refractivity contribution < 1.29 is 10.2 Å². The van der Waals surface area contributed by atoms with Gasteiger partial charge in [0.1, 0.15) is 5.75 Å². The van der Waals surface area contributed by atoms with Gasteiger partial charge in [0.15, 0.2) is 0 Å². The van der Waals surface area contributed by atoms with E-state index in [-0.39, 0.29) is 16.7 Å². The van der Waals surface area contributed by atoms with Crippen LogP contribution in [0.2, 0.25) is 5.02 Å². The number of phenols is 1. The summed E-state index contributed by atoms with van der Waals surface area (Å²) < 4.78 is 0. The molecule has 0 bridgehead atoms. The van der Waals surface area contributed by atoms with E-state index in [4.69, 9.17) is 33.4 Å². The molecular formula is C9H11Cl2NO2. The highest BCUT2D eigenvalue weighted by Crippen LogP contribution is 2.25. The average molecular weight is 236 g/mol. The lowest BCUT2D eigenvalue weighted by atomic mass is 10.3. The monoisotopic (exact) mass is 235 g/mol. The Morgan fingerprint density at radius 2 is 2.14 bits per heavy atom. The van der Waals surface area contributed by atoms with E-state index in [0.717, 1.165) is 5.69 Å². The van der Waals surface area contributed by atoms with E-state index in [1.165, 1.54) is 6.07 Å². The maximum atomic E-state index is 9.17. The molecular weight excluding hydrogens is 225 g/mol. The number of rotatable bonds is 4. The lowest BCUT2D eigenvalue weighted by Crippen LogP contribution is -2.20. The van der Waals surface area contributed by atoms with Crippen LogP contribution in [0.25, 0.3) is 0 Å². The second-order valence-corrected chi connectivity index (χ2v) is 3.57. The highest BCUT2D eigenvalue weighted by molar-refractivity contribution is 6.32. The number of phenolic OH excluding ortho intramolecular Hbond substituents is 1. The summed E-state index contributed by atoms with van der Waals surface area (Å²) in [6.45, 7) is 0.352. The van der Waals surface area contributed by atoms with Crippen molar-refractivity contribution in [2.45, 2.75) is 6.10 Å². The van der Waals surface area contributed by atoms with Gasteiger partial charge in [0.2, 0.25) is 0 Å². The molecule has 1 aromatic carbocycles. The summed E-state index contributed by atoms with van der Waals surface area (Å²) in [5.41, 5.74) is 0.733. The second-order valence-electron chi connectivity index (χ2n) is 2.86. The van der Waals surface area contributed by atoms with E-state index in [0.29, 0.717) is 6.54 Å². The fraction of sp³-hybridized carbons (Fsp3) is 0.333. The van der Waals surface area contributed by atoms with Gasteiger partial charge in [0, 0.05) is 12.2 Å². The number of benzene rings is 1. The van der Waals surface area contributed by atoms with Crippen molar-refractivity contribution in [3.05, 3.63) is 23.2 Å². The molecule has 3 nitrogen and oxygen atoms in total. The Labute approximate surface area is 92.3 Å². The maximum absolute atomic E-state index is 9.17. The number of anilines is 1. The third-order valence-electron chi connectivity index (χ3n) is 1.67. The number of aliphatic hydroxyl groups excluding tert-OH is 1. The summed E-state index contributed by atoms with van der Waals surface area (Å²) in [5, 5.41) is 21.5. The van der Waals surface area contributed by atoms with Crippen molar-refractivity contribution in [1.82, 2.24) is 0 Å². The molecule has 0 aliphatic rings. The van der Waals surface area contributed by atoms with Crippen LogP contribution >= 0.6 is 23.2 Å². The molecule has 0 radical (unpaired) electrons. The van der Waals surface area contributed by atoms with Crippen LogP contribution in [0.3, 0.4) is 0 Å². The molecule has 3 N–H and O–H groups in total. The Morgan fingerprint density at radius 1 is 1.43 bits per heavy atom. The maximum Gasteiger partial charge on any atom is 0.134 e. The number of hydrogen-bond donors (Lipinski definition) is 3. The van der Waals surface area contributed by atoms with Crippen molar-refractivity contribution in [3.8, 4) is 5.75 Å². The van der Waals surface area contributed by atoms with Gasteiger partial charge in [-0.3, -0.25) is 0 Å². The van der Waals surface area contributed by atoms with Crippen LogP contribution < -0.4 is 5.32 Å². The minimum atomic E-state index is -0.593. The summed E-state index contributed by atoms with van der Waals surface area (Å²) in [7, 11) is 0. The summed E-state index contributed by atoms with van der Waals surface area (Å²) in [6.07, 6.45) is -0.593. The molecule has 0 spiro atoms. The van der Waals surface area contributed by atoms with Gasteiger partial charge in [0.05, 0.1) is 17.0 Å². The van der Waals surface area contributed by atoms with Gasteiger partial charge in [-0.1, -0.05) is 11.6 Å². The van der Waals surface area contributed by atoms with Crippen molar-refractivity contribution in [3.63, 3.8) is 0 Å². The van der Waals surface area contributed by atoms with Gasteiger partial charge >= 0.3 is 0 Å². The quantitative estimate of drug-likeness (QED) is 0.554. The van der Waals surface area contributed by atoms with Gasteiger partial charge in [-0.2, -0.15) is 0 Å². The lowest BCUT2D eigenvalue weighted by molar-refractivity contribution is 0.211. The molecule has 0 heterocycles. The van der Waals surface area contributed by atoms with Crippen LogP contribution in [0.1, 0.15) is 0 Å². The number of nitrogens with one attached hydrogen (secondary N) is 1. The number of alkyl halides is 1. The third kappa shape index (κ3) is 3.25. The standard InChI is InChI=1S/C9H11Cl2NO2/c10-4-7(13)5-12-6-1-2-9(14)8(11)3-6/h1-3,7,12-14H,4-5H2. The van der Waals surface area contributed by atoms with E-state index in [1.807, 2.05) is 0 Å². The van der Waals surface area contributed by atoms with Crippen LogP contribution in [0.4, 0.5) is 5.69 Å². The Bertz CT molecular complexity index is 307. The first-order chi connectivity index (χ1) is 6.63. The van der Waals surface area contributed by atoms with Gasteiger partial charge in [-0.15, -0.1) is 11.6 Å². The summed E-state index contributed by atoms with van der Waals surface area (Å²) >= 11 is 11.1. The smallest absolute Gasteiger partial charge is 0.134 e. The van der Waals surface area contributed by atoms with Gasteiger partial charge in [-0.25, -0.2) is 0 Å². The molecule has 14 heavy (non-hydrogen) atoms. The van der Waals surface area contributed by atoms with Gasteiger partial charge in [0.25, 0.3) is 0 Å². The topological polar surface area (TPSA) is 52.5 Å². The molecule has 0 aromatic heterocycles. The molecule has 0 fully saturated rings. The van der Waals surface area contributed by atoms with E-state index >= 15 is 0 Å². The molecule has 1 unspecified atom stereocenters. The molecule has 0 amide bonds. The minimum Gasteiger partial charge on any atom is -0.506 e. The Kier molecular flexibility index (Phi) is 4.32. The zero-order chi connectivity index (χ0) is 10.6. The van der Waals surface area contributed by atoms with E-state index in [9.17, 15) is 0 Å². The predicted octanol–water partition coefficient (Wildman–Crippen LogP) is 2.06. The first-order valence-corrected chi connectivity index (χ1v) is 5.01. The van der Waals surface area contributed by atoms with Gasteiger partial charge in [-0.05, 0) is 18.2 Å². The predicted molar refractivity (Wildman–Crippen MR) is 58.3 cm³/mol. The van der Waals surface area contributed by atoms with E-state index < -0.39 is 6.10 Å². The molecule has 1 rings (SSSR count). The highest BCUT2D eigenvalue weighted by Gasteiger charge is 2.03.